The van der Waals surface area contributed by atoms with Crippen molar-refractivity contribution in [3.8, 4) is 0 Å². The van der Waals surface area contributed by atoms with Crippen molar-refractivity contribution in [3.05, 3.63) is 66.0 Å². The summed E-state index contributed by atoms with van der Waals surface area (Å²) < 4.78 is 7.30. The largest absolute Gasteiger partial charge is 0.469 e. The lowest BCUT2D eigenvalue weighted by atomic mass is 10.1. The summed E-state index contributed by atoms with van der Waals surface area (Å²) in [6.07, 6.45) is 5.11. The van der Waals surface area contributed by atoms with E-state index in [0.29, 0.717) is 31.0 Å². The second kappa shape index (κ2) is 7.03. The number of amides is 1. The number of carbonyl (C=O) groups is 1. The van der Waals surface area contributed by atoms with Gasteiger partial charge in [0.1, 0.15) is 11.6 Å². The van der Waals surface area contributed by atoms with Crippen LogP contribution in [-0.2, 0) is 13.1 Å². The van der Waals surface area contributed by atoms with E-state index in [0.717, 1.165) is 18.1 Å². The van der Waals surface area contributed by atoms with E-state index in [1.165, 1.54) is 0 Å². The summed E-state index contributed by atoms with van der Waals surface area (Å²) in [6, 6.07) is 9.48. The quantitative estimate of drug-likeness (QED) is 0.782. The normalized spacial score (nSPS) is 16.8. The number of hydrogen-bond acceptors (Lipinski definition) is 5. The highest BCUT2D eigenvalue weighted by molar-refractivity contribution is 5.95. The summed E-state index contributed by atoms with van der Waals surface area (Å²) in [5, 5.41) is 7.77. The molecule has 1 N–H and O–H groups in total. The molecule has 3 aromatic heterocycles. The molecule has 0 aromatic carbocycles. The maximum Gasteiger partial charge on any atom is 0.257 e. The Labute approximate surface area is 151 Å². The predicted octanol–water partition coefficient (Wildman–Crippen LogP) is 2.56. The molecule has 0 fully saturated rings. The number of aryl methyl sites for hydroxylation is 1. The van der Waals surface area contributed by atoms with E-state index in [-0.39, 0.29) is 11.8 Å². The van der Waals surface area contributed by atoms with Crippen LogP contribution in [-0.4, -0.2) is 38.7 Å². The predicted molar refractivity (Wildman–Crippen MR) is 96.6 cm³/mol. The van der Waals surface area contributed by atoms with Gasteiger partial charge in [-0.05, 0) is 31.2 Å². The van der Waals surface area contributed by atoms with Gasteiger partial charge in [-0.2, -0.15) is 5.10 Å². The van der Waals surface area contributed by atoms with Gasteiger partial charge in [0.25, 0.3) is 5.91 Å². The fourth-order valence-electron chi connectivity index (χ4n) is 3.31. The molecule has 4 heterocycles. The van der Waals surface area contributed by atoms with E-state index in [4.69, 9.17) is 4.42 Å². The van der Waals surface area contributed by atoms with Crippen molar-refractivity contribution in [1.29, 1.82) is 0 Å². The zero-order valence-electron chi connectivity index (χ0n) is 14.6. The van der Waals surface area contributed by atoms with E-state index in [9.17, 15) is 4.79 Å². The van der Waals surface area contributed by atoms with Crippen molar-refractivity contribution >= 4 is 11.7 Å². The summed E-state index contributed by atoms with van der Waals surface area (Å²) in [4.78, 5) is 19.2. The molecule has 0 bridgehead atoms. The standard InChI is InChI=1S/C19H21N5O2/c1-14-17(6-9-26-14)19(25)23-11-15(10-21-18-4-2-3-7-20-18)12-24-16(13-23)5-8-22-24/h2-9,15H,10-13H2,1H3,(H,20,21)/t15-/m0/s1. The van der Waals surface area contributed by atoms with Gasteiger partial charge in [0.2, 0.25) is 0 Å². The van der Waals surface area contributed by atoms with Gasteiger partial charge in [0.05, 0.1) is 24.1 Å². The van der Waals surface area contributed by atoms with Crippen molar-refractivity contribution in [2.45, 2.75) is 20.0 Å². The number of nitrogens with one attached hydrogen (secondary N) is 1. The van der Waals surface area contributed by atoms with E-state index in [1.807, 2.05) is 40.8 Å². The third-order valence-electron chi connectivity index (χ3n) is 4.68. The van der Waals surface area contributed by atoms with Gasteiger partial charge in [-0.3, -0.25) is 9.48 Å². The van der Waals surface area contributed by atoms with Crippen molar-refractivity contribution < 1.29 is 9.21 Å². The average Bonchev–Trinajstić information content (AvgIpc) is 3.24. The second-order valence-corrected chi connectivity index (χ2v) is 6.54. The molecular formula is C19H21N5O2. The lowest BCUT2D eigenvalue weighted by Gasteiger charge is -2.24. The van der Waals surface area contributed by atoms with Gasteiger partial charge in [0, 0.05) is 37.9 Å². The van der Waals surface area contributed by atoms with Gasteiger partial charge in [0.15, 0.2) is 0 Å². The highest BCUT2D eigenvalue weighted by atomic mass is 16.3. The van der Waals surface area contributed by atoms with Crippen LogP contribution in [0, 0.1) is 12.8 Å². The number of fused-ring (bicyclic) bond motifs is 1. The van der Waals surface area contributed by atoms with Gasteiger partial charge < -0.3 is 14.6 Å². The molecule has 1 atom stereocenters. The first-order chi connectivity index (χ1) is 12.7. The Kier molecular flexibility index (Phi) is 4.43. The van der Waals surface area contributed by atoms with Crippen LogP contribution in [0.4, 0.5) is 5.82 Å². The van der Waals surface area contributed by atoms with Crippen molar-refractivity contribution in [2.24, 2.45) is 5.92 Å². The highest BCUT2D eigenvalue weighted by Crippen LogP contribution is 2.20. The zero-order chi connectivity index (χ0) is 17.9. The molecule has 0 saturated heterocycles. The SMILES string of the molecule is Cc1occc1C(=O)N1Cc2ccnn2C[C@@H](CNc2ccccn2)C1. The van der Waals surface area contributed by atoms with Crippen LogP contribution in [0.15, 0.2) is 53.4 Å². The molecule has 0 unspecified atom stereocenters. The van der Waals surface area contributed by atoms with Crippen molar-refractivity contribution in [3.63, 3.8) is 0 Å². The Morgan fingerprint density at radius 3 is 2.96 bits per heavy atom. The minimum atomic E-state index is -0.00580. The van der Waals surface area contributed by atoms with E-state index in [2.05, 4.69) is 15.4 Å². The van der Waals surface area contributed by atoms with Crippen LogP contribution in [0.25, 0.3) is 0 Å². The molecule has 1 aliphatic heterocycles. The number of nitrogens with zero attached hydrogens (tertiary/aromatic N) is 4. The number of rotatable bonds is 4. The van der Waals surface area contributed by atoms with Crippen LogP contribution in [0.3, 0.4) is 0 Å². The fourth-order valence-corrected chi connectivity index (χ4v) is 3.31. The molecule has 0 saturated carbocycles. The zero-order valence-corrected chi connectivity index (χ0v) is 14.6. The summed E-state index contributed by atoms with van der Waals surface area (Å²) in [5.41, 5.74) is 1.66. The molecule has 134 valence electrons. The van der Waals surface area contributed by atoms with Crippen LogP contribution < -0.4 is 5.32 Å². The molecule has 26 heavy (non-hydrogen) atoms. The minimum absolute atomic E-state index is 0.00580. The lowest BCUT2D eigenvalue weighted by molar-refractivity contribution is 0.0722. The van der Waals surface area contributed by atoms with Crippen LogP contribution in [0.5, 0.6) is 0 Å². The number of carbonyl (C=O) groups excluding carboxylic acids is 1. The molecule has 7 nitrogen and oxygen atoms in total. The molecule has 3 aromatic rings. The Morgan fingerprint density at radius 2 is 2.19 bits per heavy atom. The summed E-state index contributed by atoms with van der Waals surface area (Å²) in [6.45, 7) is 4.48. The molecule has 0 aliphatic carbocycles. The van der Waals surface area contributed by atoms with Crippen molar-refractivity contribution in [1.82, 2.24) is 19.7 Å². The number of anilines is 1. The van der Waals surface area contributed by atoms with Crippen LogP contribution in [0.2, 0.25) is 0 Å². The first kappa shape index (κ1) is 16.4. The van der Waals surface area contributed by atoms with E-state index in [1.54, 1.807) is 24.7 Å². The summed E-state index contributed by atoms with van der Waals surface area (Å²) in [5.74, 6) is 1.69. The van der Waals surface area contributed by atoms with Crippen LogP contribution in [0.1, 0.15) is 21.8 Å². The van der Waals surface area contributed by atoms with Crippen molar-refractivity contribution in [2.75, 3.05) is 18.4 Å². The number of furan rings is 1. The maximum absolute atomic E-state index is 13.0. The molecule has 0 radical (unpaired) electrons. The average molecular weight is 351 g/mol. The number of aromatic nitrogens is 3. The molecular weight excluding hydrogens is 330 g/mol. The van der Waals surface area contributed by atoms with Gasteiger partial charge in [-0.1, -0.05) is 6.07 Å². The third-order valence-corrected chi connectivity index (χ3v) is 4.68. The lowest BCUT2D eigenvalue weighted by Crippen LogP contribution is -2.36. The Bertz CT molecular complexity index is 886. The Morgan fingerprint density at radius 1 is 1.27 bits per heavy atom. The molecule has 4 rings (SSSR count). The molecule has 7 heteroatoms. The first-order valence-electron chi connectivity index (χ1n) is 8.69. The molecule has 1 amide bonds. The molecule has 0 spiro atoms. The van der Waals surface area contributed by atoms with E-state index >= 15 is 0 Å². The fraction of sp³-hybridized carbons (Fsp3) is 0.316. The first-order valence-corrected chi connectivity index (χ1v) is 8.69. The smallest absolute Gasteiger partial charge is 0.257 e. The number of hydrogen-bond donors (Lipinski definition) is 1. The van der Waals surface area contributed by atoms with Gasteiger partial charge in [-0.15, -0.1) is 0 Å². The molecule has 1 aliphatic rings. The summed E-state index contributed by atoms with van der Waals surface area (Å²) in [7, 11) is 0. The second-order valence-electron chi connectivity index (χ2n) is 6.54. The Hall–Kier alpha value is -3.09. The topological polar surface area (TPSA) is 76.2 Å². The Balaban J connectivity index is 1.53. The monoisotopic (exact) mass is 351 g/mol. The maximum atomic E-state index is 13.0. The van der Waals surface area contributed by atoms with Crippen LogP contribution >= 0.6 is 0 Å². The van der Waals surface area contributed by atoms with E-state index < -0.39 is 0 Å². The minimum Gasteiger partial charge on any atom is -0.469 e. The third kappa shape index (κ3) is 3.33. The van der Waals surface area contributed by atoms with Gasteiger partial charge in [-0.25, -0.2) is 4.98 Å². The number of pyridine rings is 1. The summed E-state index contributed by atoms with van der Waals surface area (Å²) >= 11 is 0. The van der Waals surface area contributed by atoms with Gasteiger partial charge >= 0.3 is 0 Å². The highest BCUT2D eigenvalue weighted by Gasteiger charge is 2.27.